The number of carbonyl (C=O) groups is 2. The van der Waals surface area contributed by atoms with E-state index in [2.05, 4.69) is 5.32 Å². The molecule has 9 heteroatoms. The molecule has 0 spiro atoms. The van der Waals surface area contributed by atoms with Gasteiger partial charge in [-0.15, -0.1) is 0 Å². The quantitative estimate of drug-likeness (QED) is 0.443. The Hall–Kier alpha value is -2.68. The number of hydrogen-bond donors (Lipinski definition) is 4. The topological polar surface area (TPSA) is 142 Å². The van der Waals surface area contributed by atoms with Crippen molar-refractivity contribution in [3.8, 4) is 0 Å². The van der Waals surface area contributed by atoms with Crippen molar-refractivity contribution in [2.24, 2.45) is 0 Å². The van der Waals surface area contributed by atoms with Gasteiger partial charge in [0.05, 0.1) is 11.5 Å². The summed E-state index contributed by atoms with van der Waals surface area (Å²) in [7, 11) is 0. The minimum absolute atomic E-state index is 0.135. The molecule has 1 unspecified atom stereocenters. The third-order valence-corrected chi connectivity index (χ3v) is 2.12. The fourth-order valence-corrected chi connectivity index (χ4v) is 1.18. The zero-order valence-electron chi connectivity index (χ0n) is 9.57. The standard InChI is InChI=1S/C10H11N3O6/c14-5-8(9(15)16)12-10(17)11-6-1-3-7(4-2-6)13(18)19/h1-4,8,14H,5H2,(H,15,16)(H2,11,12,17). The number of aliphatic hydroxyl groups excluding tert-OH is 1. The molecule has 1 aromatic rings. The Morgan fingerprint density at radius 1 is 1.32 bits per heavy atom. The molecular weight excluding hydrogens is 258 g/mol. The van der Waals surface area contributed by atoms with Crippen LogP contribution >= 0.6 is 0 Å². The van der Waals surface area contributed by atoms with Gasteiger partial charge in [0, 0.05) is 17.8 Å². The number of non-ortho nitro benzene ring substituents is 1. The van der Waals surface area contributed by atoms with E-state index in [0.717, 1.165) is 0 Å². The van der Waals surface area contributed by atoms with Gasteiger partial charge in [-0.1, -0.05) is 0 Å². The molecule has 0 fully saturated rings. The van der Waals surface area contributed by atoms with E-state index in [4.69, 9.17) is 10.2 Å². The average Bonchev–Trinajstić information content (AvgIpc) is 2.36. The molecule has 0 saturated carbocycles. The number of nitro groups is 1. The summed E-state index contributed by atoms with van der Waals surface area (Å²) in [5.74, 6) is -1.37. The number of carboxylic acids is 1. The van der Waals surface area contributed by atoms with Crippen LogP contribution in [0.4, 0.5) is 16.2 Å². The van der Waals surface area contributed by atoms with Gasteiger partial charge >= 0.3 is 12.0 Å². The SMILES string of the molecule is O=C(Nc1ccc([N+](=O)[O-])cc1)NC(CO)C(=O)O. The fraction of sp³-hybridized carbons (Fsp3) is 0.200. The van der Waals surface area contributed by atoms with Crippen LogP contribution in [-0.4, -0.2) is 39.8 Å². The number of aliphatic hydroxyl groups is 1. The first-order valence-electron chi connectivity index (χ1n) is 5.09. The minimum Gasteiger partial charge on any atom is -0.480 e. The summed E-state index contributed by atoms with van der Waals surface area (Å²) in [4.78, 5) is 31.8. The van der Waals surface area contributed by atoms with E-state index < -0.39 is 29.6 Å². The predicted molar refractivity (Wildman–Crippen MR) is 63.8 cm³/mol. The number of amides is 2. The summed E-state index contributed by atoms with van der Waals surface area (Å²) in [6, 6.07) is 2.72. The van der Waals surface area contributed by atoms with Gasteiger partial charge in [0.2, 0.25) is 0 Å². The molecule has 0 aromatic heterocycles. The van der Waals surface area contributed by atoms with E-state index in [-0.39, 0.29) is 11.4 Å². The molecule has 0 aliphatic carbocycles. The molecule has 1 rings (SSSR count). The summed E-state index contributed by atoms with van der Waals surface area (Å²) < 4.78 is 0. The maximum absolute atomic E-state index is 11.4. The molecular formula is C10H11N3O6. The van der Waals surface area contributed by atoms with Crippen molar-refractivity contribution in [2.75, 3.05) is 11.9 Å². The van der Waals surface area contributed by atoms with Crippen molar-refractivity contribution in [3.63, 3.8) is 0 Å². The van der Waals surface area contributed by atoms with E-state index >= 15 is 0 Å². The number of aliphatic carboxylic acids is 1. The first-order chi connectivity index (χ1) is 8.93. The lowest BCUT2D eigenvalue weighted by atomic mass is 10.3. The number of benzene rings is 1. The molecule has 0 heterocycles. The van der Waals surface area contributed by atoms with Crippen molar-refractivity contribution in [2.45, 2.75) is 6.04 Å². The van der Waals surface area contributed by atoms with Crippen LogP contribution in [0.5, 0.6) is 0 Å². The van der Waals surface area contributed by atoms with Gasteiger partial charge in [0.25, 0.3) is 5.69 Å². The molecule has 0 aliphatic heterocycles. The molecule has 0 aliphatic rings. The molecule has 9 nitrogen and oxygen atoms in total. The lowest BCUT2D eigenvalue weighted by molar-refractivity contribution is -0.384. The molecule has 0 saturated heterocycles. The van der Waals surface area contributed by atoms with Gasteiger partial charge in [-0.25, -0.2) is 9.59 Å². The van der Waals surface area contributed by atoms with Crippen LogP contribution in [0.2, 0.25) is 0 Å². The molecule has 102 valence electrons. The molecule has 4 N–H and O–H groups in total. The minimum atomic E-state index is -1.42. The number of urea groups is 1. The first kappa shape index (κ1) is 14.4. The van der Waals surface area contributed by atoms with Crippen LogP contribution < -0.4 is 10.6 Å². The highest BCUT2D eigenvalue weighted by Crippen LogP contribution is 2.15. The van der Waals surface area contributed by atoms with Crippen LogP contribution in [-0.2, 0) is 4.79 Å². The van der Waals surface area contributed by atoms with E-state index in [1.54, 1.807) is 0 Å². The summed E-state index contributed by atoms with van der Waals surface area (Å²) in [6.45, 7) is -0.747. The summed E-state index contributed by atoms with van der Waals surface area (Å²) in [5, 5.41) is 32.0. The second-order valence-corrected chi connectivity index (χ2v) is 3.48. The number of nitro benzene ring substituents is 1. The van der Waals surface area contributed by atoms with Crippen LogP contribution in [0.1, 0.15) is 0 Å². The first-order valence-corrected chi connectivity index (χ1v) is 5.09. The maximum Gasteiger partial charge on any atom is 0.328 e. The Balaban J connectivity index is 2.61. The number of carboxylic acid groups (broad SMARTS) is 1. The maximum atomic E-state index is 11.4. The van der Waals surface area contributed by atoms with Gasteiger partial charge in [0.15, 0.2) is 6.04 Å². The molecule has 0 bridgehead atoms. The second kappa shape index (κ2) is 6.31. The smallest absolute Gasteiger partial charge is 0.328 e. The van der Waals surface area contributed by atoms with E-state index in [0.29, 0.717) is 0 Å². The Morgan fingerprint density at radius 3 is 2.32 bits per heavy atom. The molecule has 1 atom stereocenters. The molecule has 0 radical (unpaired) electrons. The third-order valence-electron chi connectivity index (χ3n) is 2.12. The average molecular weight is 269 g/mol. The van der Waals surface area contributed by atoms with Crippen molar-refractivity contribution in [1.82, 2.24) is 5.32 Å². The largest absolute Gasteiger partial charge is 0.480 e. The number of carbonyl (C=O) groups excluding carboxylic acids is 1. The zero-order chi connectivity index (χ0) is 14.4. The lowest BCUT2D eigenvalue weighted by Crippen LogP contribution is -2.45. The van der Waals surface area contributed by atoms with Crippen LogP contribution in [0.25, 0.3) is 0 Å². The van der Waals surface area contributed by atoms with Crippen LogP contribution in [0, 0.1) is 10.1 Å². The van der Waals surface area contributed by atoms with Gasteiger partial charge in [-0.3, -0.25) is 10.1 Å². The molecule has 19 heavy (non-hydrogen) atoms. The third kappa shape index (κ3) is 4.24. The number of rotatable bonds is 5. The van der Waals surface area contributed by atoms with Gasteiger partial charge in [0.1, 0.15) is 0 Å². The number of hydrogen-bond acceptors (Lipinski definition) is 5. The van der Waals surface area contributed by atoms with Crippen molar-refractivity contribution in [3.05, 3.63) is 34.4 Å². The fourth-order valence-electron chi connectivity index (χ4n) is 1.18. The normalized spacial score (nSPS) is 11.4. The van der Waals surface area contributed by atoms with Gasteiger partial charge in [-0.2, -0.15) is 0 Å². The predicted octanol–water partition coefficient (Wildman–Crippen LogP) is 0.162. The van der Waals surface area contributed by atoms with Crippen LogP contribution in [0.15, 0.2) is 24.3 Å². The van der Waals surface area contributed by atoms with E-state index in [9.17, 15) is 19.7 Å². The van der Waals surface area contributed by atoms with Gasteiger partial charge in [-0.05, 0) is 12.1 Å². The lowest BCUT2D eigenvalue weighted by Gasteiger charge is -2.12. The Labute approximate surface area is 107 Å². The monoisotopic (exact) mass is 269 g/mol. The summed E-state index contributed by atoms with van der Waals surface area (Å²) >= 11 is 0. The molecule has 1 aromatic carbocycles. The van der Waals surface area contributed by atoms with Crippen molar-refractivity contribution >= 4 is 23.4 Å². The highest BCUT2D eigenvalue weighted by molar-refractivity contribution is 5.92. The number of nitrogens with one attached hydrogen (secondary N) is 2. The highest BCUT2D eigenvalue weighted by atomic mass is 16.6. The number of anilines is 1. The summed E-state index contributed by atoms with van der Waals surface area (Å²) in [5.41, 5.74) is 0.120. The summed E-state index contributed by atoms with van der Waals surface area (Å²) in [6.07, 6.45) is 0. The molecule has 2 amide bonds. The van der Waals surface area contributed by atoms with Crippen LogP contribution in [0.3, 0.4) is 0 Å². The van der Waals surface area contributed by atoms with Crippen molar-refractivity contribution < 1.29 is 24.7 Å². The number of nitrogens with zero attached hydrogens (tertiary/aromatic N) is 1. The Kier molecular flexibility index (Phi) is 4.77. The second-order valence-electron chi connectivity index (χ2n) is 3.48. The Bertz CT molecular complexity index is 487. The zero-order valence-corrected chi connectivity index (χ0v) is 9.57. The van der Waals surface area contributed by atoms with Crippen molar-refractivity contribution in [1.29, 1.82) is 0 Å². The highest BCUT2D eigenvalue weighted by Gasteiger charge is 2.18. The Morgan fingerprint density at radius 2 is 1.89 bits per heavy atom. The van der Waals surface area contributed by atoms with E-state index in [1.807, 2.05) is 5.32 Å². The van der Waals surface area contributed by atoms with Gasteiger partial charge < -0.3 is 20.8 Å². The van der Waals surface area contributed by atoms with E-state index in [1.165, 1.54) is 24.3 Å².